The van der Waals surface area contributed by atoms with Crippen LogP contribution in [-0.4, -0.2) is 62.9 Å². The van der Waals surface area contributed by atoms with Crippen LogP contribution in [0.25, 0.3) is 0 Å². The first-order chi connectivity index (χ1) is 7.79. The van der Waals surface area contributed by atoms with Gasteiger partial charge in [-0.05, 0) is 6.42 Å². The van der Waals surface area contributed by atoms with Gasteiger partial charge in [0.05, 0.1) is 25.2 Å². The van der Waals surface area contributed by atoms with E-state index in [9.17, 15) is 4.79 Å². The Labute approximate surface area is 96.1 Å². The molecule has 2 aliphatic rings. The number of hydrogen-bond donors (Lipinski definition) is 1. The number of rotatable bonds is 3. The Bertz CT molecular complexity index is 241. The lowest BCUT2D eigenvalue weighted by atomic mass is 10.2. The van der Waals surface area contributed by atoms with Gasteiger partial charge in [0, 0.05) is 33.3 Å². The van der Waals surface area contributed by atoms with Crippen molar-refractivity contribution in [3.8, 4) is 0 Å². The van der Waals surface area contributed by atoms with Crippen molar-refractivity contribution in [2.45, 2.75) is 25.0 Å². The van der Waals surface area contributed by atoms with Gasteiger partial charge in [0.15, 0.2) is 0 Å². The molecular weight excluding hydrogens is 208 g/mol. The van der Waals surface area contributed by atoms with Crippen LogP contribution in [0.4, 0.5) is 0 Å². The number of amides is 1. The van der Waals surface area contributed by atoms with Crippen LogP contribution < -0.4 is 5.32 Å². The predicted molar refractivity (Wildman–Crippen MR) is 59.2 cm³/mol. The summed E-state index contributed by atoms with van der Waals surface area (Å²) in [6, 6.07) is 0. The van der Waals surface area contributed by atoms with Crippen LogP contribution in [0.5, 0.6) is 0 Å². The molecular formula is C11H20N2O3. The van der Waals surface area contributed by atoms with Crippen LogP contribution in [0.1, 0.15) is 12.8 Å². The molecule has 16 heavy (non-hydrogen) atoms. The molecule has 1 N–H and O–H groups in total. The summed E-state index contributed by atoms with van der Waals surface area (Å²) in [6.45, 7) is 3.93. The second-order valence-corrected chi connectivity index (χ2v) is 4.39. The fourth-order valence-electron chi connectivity index (χ4n) is 2.22. The molecule has 2 rings (SSSR count). The van der Waals surface area contributed by atoms with Crippen molar-refractivity contribution >= 4 is 5.91 Å². The van der Waals surface area contributed by atoms with Gasteiger partial charge in [-0.3, -0.25) is 4.79 Å². The molecule has 2 heterocycles. The Balaban J connectivity index is 1.75. The summed E-state index contributed by atoms with van der Waals surface area (Å²) in [6.07, 6.45) is 1.70. The summed E-state index contributed by atoms with van der Waals surface area (Å²) in [5.41, 5.74) is 0. The number of nitrogens with one attached hydrogen (secondary N) is 1. The lowest BCUT2D eigenvalue weighted by molar-refractivity contribution is -0.134. The van der Waals surface area contributed by atoms with Gasteiger partial charge in [-0.2, -0.15) is 0 Å². The molecule has 2 saturated heterocycles. The third-order valence-electron chi connectivity index (χ3n) is 3.24. The summed E-state index contributed by atoms with van der Waals surface area (Å²) in [7, 11) is 1.70. The molecule has 5 heteroatoms. The van der Waals surface area contributed by atoms with Gasteiger partial charge in [-0.25, -0.2) is 0 Å². The molecule has 0 spiro atoms. The van der Waals surface area contributed by atoms with Gasteiger partial charge < -0.3 is 19.7 Å². The summed E-state index contributed by atoms with van der Waals surface area (Å²) in [5.74, 6) is 0.188. The first-order valence-electron chi connectivity index (χ1n) is 5.92. The van der Waals surface area contributed by atoms with Crippen molar-refractivity contribution < 1.29 is 14.3 Å². The van der Waals surface area contributed by atoms with Gasteiger partial charge in [0.2, 0.25) is 5.91 Å². The van der Waals surface area contributed by atoms with E-state index in [0.29, 0.717) is 13.0 Å². The van der Waals surface area contributed by atoms with E-state index in [1.165, 1.54) is 0 Å². The Morgan fingerprint density at radius 2 is 2.50 bits per heavy atom. The Kier molecular flexibility index (Phi) is 4.15. The minimum atomic E-state index is 0.0443. The zero-order valence-corrected chi connectivity index (χ0v) is 9.78. The molecule has 0 aromatic rings. The molecule has 2 atom stereocenters. The van der Waals surface area contributed by atoms with Crippen LogP contribution in [0.15, 0.2) is 0 Å². The minimum Gasteiger partial charge on any atom is -0.380 e. The van der Waals surface area contributed by atoms with Crippen molar-refractivity contribution in [3.05, 3.63) is 0 Å². The normalized spacial score (nSPS) is 30.7. The summed E-state index contributed by atoms with van der Waals surface area (Å²) >= 11 is 0. The summed E-state index contributed by atoms with van der Waals surface area (Å²) in [4.78, 5) is 13.8. The average molecular weight is 228 g/mol. The van der Waals surface area contributed by atoms with Gasteiger partial charge in [-0.1, -0.05) is 0 Å². The lowest BCUT2D eigenvalue weighted by Gasteiger charge is -2.25. The number of likely N-dealkylation sites (tertiary alicyclic amines) is 1. The maximum Gasteiger partial charge on any atom is 0.225 e. The first kappa shape index (κ1) is 11.8. The van der Waals surface area contributed by atoms with E-state index in [0.717, 1.165) is 32.6 Å². The van der Waals surface area contributed by atoms with E-state index < -0.39 is 0 Å². The van der Waals surface area contributed by atoms with E-state index in [4.69, 9.17) is 9.47 Å². The minimum absolute atomic E-state index is 0.0443. The number of nitrogens with zero attached hydrogens (tertiary/aromatic N) is 1. The highest BCUT2D eigenvalue weighted by Crippen LogP contribution is 2.14. The second-order valence-electron chi connectivity index (χ2n) is 4.39. The fourth-order valence-corrected chi connectivity index (χ4v) is 2.22. The van der Waals surface area contributed by atoms with Crippen molar-refractivity contribution in [2.24, 2.45) is 0 Å². The van der Waals surface area contributed by atoms with Crippen molar-refractivity contribution in [1.82, 2.24) is 10.2 Å². The highest BCUT2D eigenvalue weighted by Gasteiger charge is 2.28. The molecule has 0 aromatic heterocycles. The highest BCUT2D eigenvalue weighted by molar-refractivity contribution is 5.77. The van der Waals surface area contributed by atoms with E-state index in [-0.39, 0.29) is 18.1 Å². The molecule has 92 valence electrons. The number of ether oxygens (including phenoxy) is 2. The van der Waals surface area contributed by atoms with Crippen molar-refractivity contribution in [3.63, 3.8) is 0 Å². The maximum absolute atomic E-state index is 11.9. The topological polar surface area (TPSA) is 50.8 Å². The zero-order chi connectivity index (χ0) is 11.4. The smallest absolute Gasteiger partial charge is 0.225 e. The Morgan fingerprint density at radius 1 is 1.62 bits per heavy atom. The van der Waals surface area contributed by atoms with Gasteiger partial charge in [0.1, 0.15) is 0 Å². The van der Waals surface area contributed by atoms with Crippen molar-refractivity contribution in [2.75, 3.05) is 39.9 Å². The number of carbonyl (C=O) groups is 1. The fraction of sp³-hybridized carbons (Fsp3) is 0.909. The maximum atomic E-state index is 11.9. The van der Waals surface area contributed by atoms with Crippen LogP contribution >= 0.6 is 0 Å². The largest absolute Gasteiger partial charge is 0.380 e. The second kappa shape index (κ2) is 5.61. The number of morpholine rings is 1. The molecule has 0 saturated carbocycles. The van der Waals surface area contributed by atoms with Gasteiger partial charge >= 0.3 is 0 Å². The molecule has 2 aliphatic heterocycles. The SMILES string of the molecule is COC1CCN(C(=O)CC2CNCCO2)C1. The van der Waals surface area contributed by atoms with Crippen LogP contribution in [0, 0.1) is 0 Å². The molecule has 5 nitrogen and oxygen atoms in total. The quantitative estimate of drug-likeness (QED) is 0.715. The number of methoxy groups -OCH3 is 1. The molecule has 0 aliphatic carbocycles. The monoisotopic (exact) mass is 228 g/mol. The van der Waals surface area contributed by atoms with Crippen LogP contribution in [0.3, 0.4) is 0 Å². The molecule has 0 bridgehead atoms. The lowest BCUT2D eigenvalue weighted by Crippen LogP contribution is -2.42. The van der Waals surface area contributed by atoms with Crippen molar-refractivity contribution in [1.29, 1.82) is 0 Å². The average Bonchev–Trinajstić information content (AvgIpc) is 2.79. The molecule has 2 fully saturated rings. The third-order valence-corrected chi connectivity index (χ3v) is 3.24. The molecule has 2 unspecified atom stereocenters. The van der Waals surface area contributed by atoms with Gasteiger partial charge in [-0.15, -0.1) is 0 Å². The summed E-state index contributed by atoms with van der Waals surface area (Å²) < 4.78 is 10.8. The van der Waals surface area contributed by atoms with E-state index >= 15 is 0 Å². The van der Waals surface area contributed by atoms with E-state index in [2.05, 4.69) is 5.32 Å². The number of hydrogen-bond acceptors (Lipinski definition) is 4. The molecule has 0 aromatic carbocycles. The standard InChI is InChI=1S/C11H20N2O3/c1-15-9-2-4-13(8-9)11(14)6-10-7-12-3-5-16-10/h9-10,12H,2-8H2,1H3. The highest BCUT2D eigenvalue weighted by atomic mass is 16.5. The third kappa shape index (κ3) is 2.93. The molecule has 1 amide bonds. The van der Waals surface area contributed by atoms with Crippen LogP contribution in [0.2, 0.25) is 0 Å². The zero-order valence-electron chi connectivity index (χ0n) is 9.78. The van der Waals surface area contributed by atoms with E-state index in [1.54, 1.807) is 7.11 Å². The van der Waals surface area contributed by atoms with Crippen LogP contribution in [-0.2, 0) is 14.3 Å². The predicted octanol–water partition coefficient (Wildman–Crippen LogP) is -0.388. The summed E-state index contributed by atoms with van der Waals surface area (Å²) in [5, 5.41) is 3.23. The van der Waals surface area contributed by atoms with Gasteiger partial charge in [0.25, 0.3) is 0 Å². The number of carbonyl (C=O) groups excluding carboxylic acids is 1. The molecule has 0 radical (unpaired) electrons. The Morgan fingerprint density at radius 3 is 3.12 bits per heavy atom. The Hall–Kier alpha value is -0.650. The van der Waals surface area contributed by atoms with E-state index in [1.807, 2.05) is 4.90 Å². The first-order valence-corrected chi connectivity index (χ1v) is 5.92.